The molecule has 2 heterocycles. The number of carbonyl (C=O) groups excluding carboxylic acids is 1. The van der Waals surface area contributed by atoms with Crippen molar-refractivity contribution >= 4 is 28.9 Å². The minimum atomic E-state index is -0.753. The number of para-hydroxylation sites is 2. The average molecular weight is 389 g/mol. The molecule has 0 saturated carbocycles. The Balaban J connectivity index is 1.55. The van der Waals surface area contributed by atoms with E-state index in [4.69, 9.17) is 25.8 Å². The van der Waals surface area contributed by atoms with E-state index in [0.717, 1.165) is 18.8 Å². The summed E-state index contributed by atoms with van der Waals surface area (Å²) in [4.78, 5) is 15.1. The highest BCUT2D eigenvalue weighted by atomic mass is 35.5. The molecule has 0 radical (unpaired) electrons. The molecule has 1 saturated heterocycles. The third-order valence-electron chi connectivity index (χ3n) is 4.67. The maximum absolute atomic E-state index is 12.9. The van der Waals surface area contributed by atoms with E-state index in [1.54, 1.807) is 12.1 Å². The molecular formula is C20H21ClN2O4. The highest BCUT2D eigenvalue weighted by Crippen LogP contribution is 2.35. The summed E-state index contributed by atoms with van der Waals surface area (Å²) in [6.45, 7) is 4.66. The summed E-state index contributed by atoms with van der Waals surface area (Å²) in [6.07, 6.45) is -1.16. The Bertz CT molecular complexity index is 838. The van der Waals surface area contributed by atoms with Gasteiger partial charge in [-0.2, -0.15) is 0 Å². The smallest absolute Gasteiger partial charge is 0.269 e. The van der Waals surface area contributed by atoms with E-state index in [0.29, 0.717) is 35.4 Å². The van der Waals surface area contributed by atoms with E-state index in [2.05, 4.69) is 10.2 Å². The predicted molar refractivity (Wildman–Crippen MR) is 104 cm³/mol. The molecule has 27 heavy (non-hydrogen) atoms. The highest BCUT2D eigenvalue weighted by molar-refractivity contribution is 6.31. The van der Waals surface area contributed by atoms with Gasteiger partial charge < -0.3 is 24.4 Å². The predicted octanol–water partition coefficient (Wildman–Crippen LogP) is 3.34. The molecule has 2 aromatic carbocycles. The summed E-state index contributed by atoms with van der Waals surface area (Å²) in [5.74, 6) is 0.940. The first-order valence-electron chi connectivity index (χ1n) is 8.97. The Kier molecular flexibility index (Phi) is 5.09. The van der Waals surface area contributed by atoms with Gasteiger partial charge in [-0.3, -0.25) is 4.79 Å². The lowest BCUT2D eigenvalue weighted by atomic mass is 10.1. The van der Waals surface area contributed by atoms with Crippen LogP contribution in [0.2, 0.25) is 5.02 Å². The zero-order valence-electron chi connectivity index (χ0n) is 15.0. The number of benzene rings is 2. The number of rotatable bonds is 3. The van der Waals surface area contributed by atoms with Crippen LogP contribution < -0.4 is 19.7 Å². The van der Waals surface area contributed by atoms with Crippen LogP contribution in [0.4, 0.5) is 11.4 Å². The molecule has 7 heteroatoms. The molecular weight excluding hydrogens is 368 g/mol. The molecule has 2 aliphatic rings. The number of hydrogen-bond acceptors (Lipinski definition) is 5. The number of anilines is 2. The molecule has 142 valence electrons. The SMILES string of the molecule is C[C@H]1Oc2ccccc2O[C@@H]1C(=O)Nc1cc(Cl)ccc1N1CCOCC1. The second-order valence-electron chi connectivity index (χ2n) is 6.56. The minimum Gasteiger partial charge on any atom is -0.482 e. The van der Waals surface area contributed by atoms with Crippen molar-refractivity contribution in [3.05, 3.63) is 47.5 Å². The van der Waals surface area contributed by atoms with Crippen LogP contribution in [0.25, 0.3) is 0 Å². The van der Waals surface area contributed by atoms with E-state index in [1.165, 1.54) is 0 Å². The standard InChI is InChI=1S/C20H21ClN2O4/c1-13-19(27-18-5-3-2-4-17(18)26-13)20(24)22-15-12-14(21)6-7-16(15)23-8-10-25-11-9-23/h2-7,12-13,19H,8-11H2,1H3,(H,22,24)/t13-,19+/m1/s1. The number of ether oxygens (including phenoxy) is 3. The van der Waals surface area contributed by atoms with E-state index in [9.17, 15) is 4.79 Å². The van der Waals surface area contributed by atoms with E-state index >= 15 is 0 Å². The molecule has 1 N–H and O–H groups in total. The van der Waals surface area contributed by atoms with Crippen LogP contribution in [0.3, 0.4) is 0 Å². The zero-order valence-corrected chi connectivity index (χ0v) is 15.7. The molecule has 6 nitrogen and oxygen atoms in total. The number of halogens is 1. The largest absolute Gasteiger partial charge is 0.482 e. The van der Waals surface area contributed by atoms with Gasteiger partial charge in [-0.1, -0.05) is 23.7 Å². The Morgan fingerprint density at radius 1 is 1.11 bits per heavy atom. The van der Waals surface area contributed by atoms with Crippen molar-refractivity contribution in [1.82, 2.24) is 0 Å². The van der Waals surface area contributed by atoms with Gasteiger partial charge in [0.1, 0.15) is 6.10 Å². The maximum Gasteiger partial charge on any atom is 0.269 e. The summed E-state index contributed by atoms with van der Waals surface area (Å²) < 4.78 is 17.1. The van der Waals surface area contributed by atoms with E-state index in [1.807, 2.05) is 37.3 Å². The molecule has 0 unspecified atom stereocenters. The van der Waals surface area contributed by atoms with Crippen molar-refractivity contribution in [3.8, 4) is 11.5 Å². The topological polar surface area (TPSA) is 60.0 Å². The fourth-order valence-electron chi connectivity index (χ4n) is 3.30. The summed E-state index contributed by atoms with van der Waals surface area (Å²) in [5, 5.41) is 3.53. The van der Waals surface area contributed by atoms with Gasteiger partial charge in [0.2, 0.25) is 6.10 Å². The zero-order chi connectivity index (χ0) is 18.8. The van der Waals surface area contributed by atoms with Crippen LogP contribution in [0.5, 0.6) is 11.5 Å². The van der Waals surface area contributed by atoms with Crippen LogP contribution in [-0.4, -0.2) is 44.4 Å². The fourth-order valence-corrected chi connectivity index (χ4v) is 3.47. The van der Waals surface area contributed by atoms with E-state index < -0.39 is 12.2 Å². The number of fused-ring (bicyclic) bond motifs is 1. The maximum atomic E-state index is 12.9. The fraction of sp³-hybridized carbons (Fsp3) is 0.350. The van der Waals surface area contributed by atoms with Crippen molar-refractivity contribution in [2.75, 3.05) is 36.5 Å². The van der Waals surface area contributed by atoms with Crippen molar-refractivity contribution in [2.45, 2.75) is 19.1 Å². The molecule has 2 aromatic rings. The Labute approximate surface area is 163 Å². The quantitative estimate of drug-likeness (QED) is 0.873. The summed E-state index contributed by atoms with van der Waals surface area (Å²) in [6, 6.07) is 12.8. The van der Waals surface area contributed by atoms with Gasteiger partial charge in [0.15, 0.2) is 11.5 Å². The Morgan fingerprint density at radius 2 is 1.81 bits per heavy atom. The lowest BCUT2D eigenvalue weighted by molar-refractivity contribution is -0.128. The summed E-state index contributed by atoms with van der Waals surface area (Å²) in [5.41, 5.74) is 1.57. The Morgan fingerprint density at radius 3 is 2.56 bits per heavy atom. The van der Waals surface area contributed by atoms with Gasteiger partial charge in [0.05, 0.1) is 24.6 Å². The Hall–Kier alpha value is -2.44. The van der Waals surface area contributed by atoms with Crippen LogP contribution in [-0.2, 0) is 9.53 Å². The van der Waals surface area contributed by atoms with Crippen LogP contribution in [0.1, 0.15) is 6.92 Å². The molecule has 0 aliphatic carbocycles. The number of amides is 1. The van der Waals surface area contributed by atoms with Crippen LogP contribution in [0.15, 0.2) is 42.5 Å². The molecule has 0 aromatic heterocycles. The van der Waals surface area contributed by atoms with Gasteiger partial charge in [0.25, 0.3) is 5.91 Å². The van der Waals surface area contributed by atoms with Crippen LogP contribution in [0, 0.1) is 0 Å². The van der Waals surface area contributed by atoms with Gasteiger partial charge in [-0.15, -0.1) is 0 Å². The molecule has 0 spiro atoms. The molecule has 2 atom stereocenters. The first-order chi connectivity index (χ1) is 13.1. The lowest BCUT2D eigenvalue weighted by Gasteiger charge is -2.33. The minimum absolute atomic E-state index is 0.270. The van der Waals surface area contributed by atoms with E-state index in [-0.39, 0.29) is 5.91 Å². The van der Waals surface area contributed by atoms with Gasteiger partial charge >= 0.3 is 0 Å². The molecule has 1 amide bonds. The number of morpholine rings is 1. The summed E-state index contributed by atoms with van der Waals surface area (Å²) >= 11 is 6.17. The summed E-state index contributed by atoms with van der Waals surface area (Å²) in [7, 11) is 0. The number of nitrogens with zero attached hydrogens (tertiary/aromatic N) is 1. The van der Waals surface area contributed by atoms with Crippen molar-refractivity contribution in [3.63, 3.8) is 0 Å². The normalized spacial score (nSPS) is 21.6. The molecule has 0 bridgehead atoms. The molecule has 2 aliphatic heterocycles. The first kappa shape index (κ1) is 17.9. The monoisotopic (exact) mass is 388 g/mol. The number of carbonyl (C=O) groups is 1. The van der Waals surface area contributed by atoms with Crippen molar-refractivity contribution < 1.29 is 19.0 Å². The van der Waals surface area contributed by atoms with Crippen molar-refractivity contribution in [1.29, 1.82) is 0 Å². The first-order valence-corrected chi connectivity index (χ1v) is 9.35. The lowest BCUT2D eigenvalue weighted by Crippen LogP contribution is -2.46. The third-order valence-corrected chi connectivity index (χ3v) is 4.90. The highest BCUT2D eigenvalue weighted by Gasteiger charge is 2.34. The van der Waals surface area contributed by atoms with Crippen LogP contribution >= 0.6 is 11.6 Å². The number of nitrogens with one attached hydrogen (secondary N) is 1. The second-order valence-corrected chi connectivity index (χ2v) is 6.99. The molecule has 4 rings (SSSR count). The number of hydrogen-bond donors (Lipinski definition) is 1. The second kappa shape index (κ2) is 7.66. The average Bonchev–Trinajstić information content (AvgIpc) is 2.68. The van der Waals surface area contributed by atoms with Gasteiger partial charge in [-0.25, -0.2) is 0 Å². The van der Waals surface area contributed by atoms with Gasteiger partial charge in [-0.05, 0) is 37.3 Å². The molecule has 1 fully saturated rings. The van der Waals surface area contributed by atoms with Gasteiger partial charge in [0, 0.05) is 18.1 Å². The van der Waals surface area contributed by atoms with Crippen molar-refractivity contribution in [2.24, 2.45) is 0 Å². The third kappa shape index (κ3) is 3.82.